The summed E-state index contributed by atoms with van der Waals surface area (Å²) in [5, 5.41) is 5.33. The Hall–Kier alpha value is -3.38. The van der Waals surface area contributed by atoms with Gasteiger partial charge in [-0.05, 0) is 98.0 Å². The van der Waals surface area contributed by atoms with Gasteiger partial charge in [-0.1, -0.05) is 37.3 Å². The third-order valence-corrected chi connectivity index (χ3v) is 7.10. The number of nitrogens with zero attached hydrogens (tertiary/aromatic N) is 1. The van der Waals surface area contributed by atoms with E-state index < -0.39 is 24.4 Å². The molecule has 1 aliphatic rings. The molecule has 1 aliphatic heterocycles. The second-order valence-corrected chi connectivity index (χ2v) is 10.5. The number of amides is 4. The molecule has 0 bridgehead atoms. The standard InChI is InChI=1S/C28H25BrIN3O5/c1-3-19-6-4-5-7-22(19)31-25(34)15-33-27(35)23(32-28(33)36)13-18-12-21(29)26(24(14-18)37-2)38-16-17-8-10-20(30)11-9-17/h4-14H,3,15-16H2,1-2H3,(H,31,34)(H,32,36)/b23-13+. The van der Waals surface area contributed by atoms with Gasteiger partial charge in [-0.25, -0.2) is 9.69 Å². The summed E-state index contributed by atoms with van der Waals surface area (Å²) < 4.78 is 13.3. The Labute approximate surface area is 242 Å². The van der Waals surface area contributed by atoms with Crippen molar-refractivity contribution in [1.29, 1.82) is 0 Å². The lowest BCUT2D eigenvalue weighted by Gasteiger charge is -2.14. The maximum absolute atomic E-state index is 12.9. The smallest absolute Gasteiger partial charge is 0.329 e. The Morgan fingerprint density at radius 2 is 1.87 bits per heavy atom. The number of methoxy groups -OCH3 is 1. The first-order chi connectivity index (χ1) is 18.3. The largest absolute Gasteiger partial charge is 0.493 e. The molecular formula is C28H25BrIN3O5. The lowest BCUT2D eigenvalue weighted by molar-refractivity contribution is -0.127. The van der Waals surface area contributed by atoms with Crippen LogP contribution in [0.1, 0.15) is 23.6 Å². The SMILES string of the molecule is CCc1ccccc1NC(=O)CN1C(=O)N/C(=C/c2cc(Br)c(OCc3ccc(I)cc3)c(OC)c2)C1=O. The average Bonchev–Trinajstić information content (AvgIpc) is 3.16. The molecule has 196 valence electrons. The highest BCUT2D eigenvalue weighted by atomic mass is 127. The second-order valence-electron chi connectivity index (χ2n) is 8.39. The number of imide groups is 1. The maximum Gasteiger partial charge on any atom is 0.329 e. The van der Waals surface area contributed by atoms with Gasteiger partial charge in [-0.15, -0.1) is 0 Å². The fourth-order valence-corrected chi connectivity index (χ4v) is 4.80. The number of aryl methyl sites for hydroxylation is 1. The van der Waals surface area contributed by atoms with Crippen LogP contribution in [-0.2, 0) is 22.6 Å². The van der Waals surface area contributed by atoms with Crippen molar-refractivity contribution < 1.29 is 23.9 Å². The van der Waals surface area contributed by atoms with Crippen LogP contribution in [0.15, 0.2) is 70.8 Å². The van der Waals surface area contributed by atoms with Crippen LogP contribution in [0.5, 0.6) is 11.5 Å². The Bertz CT molecular complexity index is 1410. The number of anilines is 1. The Morgan fingerprint density at radius 1 is 1.13 bits per heavy atom. The molecule has 1 saturated heterocycles. The molecule has 0 aromatic heterocycles. The van der Waals surface area contributed by atoms with Gasteiger partial charge < -0.3 is 20.1 Å². The summed E-state index contributed by atoms with van der Waals surface area (Å²) in [7, 11) is 1.52. The summed E-state index contributed by atoms with van der Waals surface area (Å²) in [5.74, 6) is -0.0854. The van der Waals surface area contributed by atoms with Gasteiger partial charge in [0, 0.05) is 9.26 Å². The number of hydrogen-bond acceptors (Lipinski definition) is 5. The minimum absolute atomic E-state index is 0.0540. The molecule has 0 spiro atoms. The van der Waals surface area contributed by atoms with E-state index in [9.17, 15) is 14.4 Å². The molecule has 3 aromatic rings. The summed E-state index contributed by atoms with van der Waals surface area (Å²) >= 11 is 5.76. The van der Waals surface area contributed by atoms with Gasteiger partial charge in [0.2, 0.25) is 5.91 Å². The van der Waals surface area contributed by atoms with Gasteiger partial charge in [0.05, 0.1) is 11.6 Å². The summed E-state index contributed by atoms with van der Waals surface area (Å²) in [6.45, 7) is 1.92. The molecular weight excluding hydrogens is 665 g/mol. The zero-order valence-corrected chi connectivity index (χ0v) is 24.5. The molecule has 0 unspecified atom stereocenters. The molecule has 8 nitrogen and oxygen atoms in total. The quantitative estimate of drug-likeness (QED) is 0.170. The van der Waals surface area contributed by atoms with E-state index in [-0.39, 0.29) is 5.70 Å². The Kier molecular flexibility index (Phi) is 9.05. The van der Waals surface area contributed by atoms with Gasteiger partial charge in [0.15, 0.2) is 11.5 Å². The van der Waals surface area contributed by atoms with Crippen molar-refractivity contribution in [3.05, 3.63) is 91.1 Å². The Morgan fingerprint density at radius 3 is 2.58 bits per heavy atom. The van der Waals surface area contributed by atoms with E-state index in [0.717, 1.165) is 26.0 Å². The first kappa shape index (κ1) is 27.6. The van der Waals surface area contributed by atoms with Gasteiger partial charge in [0.25, 0.3) is 5.91 Å². The molecule has 1 fully saturated rings. The number of carbonyl (C=O) groups excluding carboxylic acids is 3. The number of urea groups is 1. The number of nitrogens with one attached hydrogen (secondary N) is 2. The number of carbonyl (C=O) groups is 3. The van der Waals surface area contributed by atoms with Crippen molar-refractivity contribution >= 4 is 68.1 Å². The molecule has 0 aliphatic carbocycles. The number of para-hydroxylation sites is 1. The van der Waals surface area contributed by atoms with E-state index in [1.54, 1.807) is 18.2 Å². The average molecular weight is 690 g/mol. The fourth-order valence-electron chi connectivity index (χ4n) is 3.87. The van der Waals surface area contributed by atoms with Crippen LogP contribution < -0.4 is 20.1 Å². The normalized spacial score (nSPS) is 14.0. The number of ether oxygens (including phenoxy) is 2. The highest BCUT2D eigenvalue weighted by molar-refractivity contribution is 14.1. The van der Waals surface area contributed by atoms with Crippen molar-refractivity contribution in [1.82, 2.24) is 10.2 Å². The monoisotopic (exact) mass is 689 g/mol. The zero-order chi connectivity index (χ0) is 27.2. The van der Waals surface area contributed by atoms with Crippen LogP contribution in [-0.4, -0.2) is 36.4 Å². The van der Waals surface area contributed by atoms with Crippen LogP contribution in [0, 0.1) is 3.57 Å². The maximum atomic E-state index is 12.9. The summed E-state index contributed by atoms with van der Waals surface area (Å²) in [5.41, 5.74) is 3.28. The lowest BCUT2D eigenvalue weighted by Crippen LogP contribution is -2.38. The van der Waals surface area contributed by atoms with Crippen molar-refractivity contribution in [2.45, 2.75) is 20.0 Å². The number of hydrogen-bond donors (Lipinski definition) is 2. The van der Waals surface area contributed by atoms with Gasteiger partial charge in [0.1, 0.15) is 18.8 Å². The minimum Gasteiger partial charge on any atom is -0.493 e. The molecule has 0 saturated carbocycles. The van der Waals surface area contributed by atoms with E-state index in [1.807, 2.05) is 49.4 Å². The summed E-state index contributed by atoms with van der Waals surface area (Å²) in [4.78, 5) is 38.9. The van der Waals surface area contributed by atoms with Gasteiger partial charge in [-0.2, -0.15) is 0 Å². The number of halogens is 2. The third-order valence-electron chi connectivity index (χ3n) is 5.80. The molecule has 0 atom stereocenters. The highest BCUT2D eigenvalue weighted by Crippen LogP contribution is 2.38. The topological polar surface area (TPSA) is 97.0 Å². The van der Waals surface area contributed by atoms with E-state index in [0.29, 0.717) is 33.8 Å². The third kappa shape index (κ3) is 6.54. The highest BCUT2D eigenvalue weighted by Gasteiger charge is 2.35. The first-order valence-corrected chi connectivity index (χ1v) is 13.6. The van der Waals surface area contributed by atoms with Crippen LogP contribution in [0.2, 0.25) is 0 Å². The van der Waals surface area contributed by atoms with Crippen LogP contribution in [0.25, 0.3) is 6.08 Å². The van der Waals surface area contributed by atoms with Crippen LogP contribution >= 0.6 is 38.5 Å². The van der Waals surface area contributed by atoms with Gasteiger partial charge in [-0.3, -0.25) is 9.59 Å². The molecule has 1 heterocycles. The minimum atomic E-state index is -0.663. The molecule has 4 rings (SSSR count). The van der Waals surface area contributed by atoms with E-state index in [2.05, 4.69) is 49.2 Å². The predicted molar refractivity (Wildman–Crippen MR) is 157 cm³/mol. The molecule has 38 heavy (non-hydrogen) atoms. The van der Waals surface area contributed by atoms with E-state index >= 15 is 0 Å². The lowest BCUT2D eigenvalue weighted by atomic mass is 10.1. The van der Waals surface area contributed by atoms with E-state index in [4.69, 9.17) is 9.47 Å². The number of benzene rings is 3. The zero-order valence-electron chi connectivity index (χ0n) is 20.7. The Balaban J connectivity index is 1.47. The van der Waals surface area contributed by atoms with Crippen molar-refractivity contribution in [2.24, 2.45) is 0 Å². The fraction of sp³-hybridized carbons (Fsp3) is 0.179. The predicted octanol–water partition coefficient (Wildman–Crippen LogP) is 5.74. The van der Waals surface area contributed by atoms with Gasteiger partial charge >= 0.3 is 6.03 Å². The molecule has 4 amide bonds. The van der Waals surface area contributed by atoms with Crippen molar-refractivity contribution in [3.8, 4) is 11.5 Å². The van der Waals surface area contributed by atoms with Crippen LogP contribution in [0.4, 0.5) is 10.5 Å². The molecule has 3 aromatic carbocycles. The van der Waals surface area contributed by atoms with Crippen molar-refractivity contribution in [2.75, 3.05) is 19.0 Å². The molecule has 2 N–H and O–H groups in total. The second kappa shape index (κ2) is 12.4. The summed E-state index contributed by atoms with van der Waals surface area (Å²) in [6.07, 6.45) is 2.27. The first-order valence-electron chi connectivity index (χ1n) is 11.8. The van der Waals surface area contributed by atoms with Crippen LogP contribution in [0.3, 0.4) is 0 Å². The number of rotatable bonds is 9. The molecule has 10 heteroatoms. The van der Waals surface area contributed by atoms with E-state index in [1.165, 1.54) is 13.2 Å². The summed E-state index contributed by atoms with van der Waals surface area (Å²) in [6, 6.07) is 18.2. The van der Waals surface area contributed by atoms with Crippen molar-refractivity contribution in [3.63, 3.8) is 0 Å². The molecule has 0 radical (unpaired) electrons.